The second-order valence-electron chi connectivity index (χ2n) is 8.15. The highest BCUT2D eigenvalue weighted by molar-refractivity contribution is 5.92. The van der Waals surface area contributed by atoms with Gasteiger partial charge in [-0.1, -0.05) is 42.5 Å². The quantitative estimate of drug-likeness (QED) is 0.600. The Morgan fingerprint density at radius 1 is 1.12 bits per heavy atom. The lowest BCUT2D eigenvalue weighted by Crippen LogP contribution is -2.38. The summed E-state index contributed by atoms with van der Waals surface area (Å²) < 4.78 is 19.2. The third-order valence-electron chi connectivity index (χ3n) is 5.64. The topological polar surface area (TPSA) is 95.7 Å². The third-order valence-corrected chi connectivity index (χ3v) is 5.64. The minimum Gasteiger partial charge on any atom is -0.444 e. The van der Waals surface area contributed by atoms with Crippen molar-refractivity contribution in [2.24, 2.45) is 0 Å². The first-order valence-electron chi connectivity index (χ1n) is 11.0. The van der Waals surface area contributed by atoms with Crippen LogP contribution in [0.25, 0.3) is 11.5 Å². The van der Waals surface area contributed by atoms with Gasteiger partial charge in [0.25, 0.3) is 5.91 Å². The Morgan fingerprint density at radius 3 is 2.64 bits per heavy atom. The van der Waals surface area contributed by atoms with Crippen LogP contribution >= 0.6 is 0 Å². The molecule has 2 heterocycles. The van der Waals surface area contributed by atoms with Gasteiger partial charge in [0.2, 0.25) is 11.8 Å². The van der Waals surface area contributed by atoms with Crippen molar-refractivity contribution < 1.29 is 23.5 Å². The van der Waals surface area contributed by atoms with E-state index in [-0.39, 0.29) is 30.5 Å². The fraction of sp³-hybridized carbons (Fsp3) is 0.320. The van der Waals surface area contributed by atoms with Gasteiger partial charge in [-0.05, 0) is 36.1 Å². The number of rotatable bonds is 6. The van der Waals surface area contributed by atoms with Crippen molar-refractivity contribution in [3.8, 4) is 11.5 Å². The predicted molar refractivity (Wildman–Crippen MR) is 120 cm³/mol. The highest BCUT2D eigenvalue weighted by atomic mass is 19.1. The van der Waals surface area contributed by atoms with Gasteiger partial charge >= 0.3 is 0 Å². The maximum absolute atomic E-state index is 13.7. The van der Waals surface area contributed by atoms with E-state index in [1.54, 1.807) is 0 Å². The van der Waals surface area contributed by atoms with Crippen molar-refractivity contribution in [2.75, 3.05) is 13.1 Å². The van der Waals surface area contributed by atoms with E-state index in [0.717, 1.165) is 11.1 Å². The Kier molecular flexibility index (Phi) is 7.14. The van der Waals surface area contributed by atoms with Gasteiger partial charge in [0, 0.05) is 25.2 Å². The number of halogens is 1. The molecule has 1 aliphatic heterocycles. The molecule has 2 aromatic carbocycles. The number of alkyl halides is 1. The number of amides is 2. The first-order valence-corrected chi connectivity index (χ1v) is 11.0. The molecule has 2 amide bonds. The number of oxazole rings is 1. The molecule has 2 N–H and O–H groups in total. The lowest BCUT2D eigenvalue weighted by molar-refractivity contribution is -0.120. The Morgan fingerprint density at radius 2 is 1.88 bits per heavy atom. The van der Waals surface area contributed by atoms with E-state index in [4.69, 9.17) is 4.42 Å². The molecule has 1 saturated heterocycles. The van der Waals surface area contributed by atoms with Crippen LogP contribution in [0.4, 0.5) is 4.39 Å². The number of hydrogen-bond acceptors (Lipinski definition) is 5. The molecule has 0 bridgehead atoms. The molecule has 4 rings (SSSR count). The molecular weight excluding hydrogens is 425 g/mol. The summed E-state index contributed by atoms with van der Waals surface area (Å²) in [6, 6.07) is 16.9. The molecule has 33 heavy (non-hydrogen) atoms. The zero-order chi connectivity index (χ0) is 23.2. The molecule has 1 fully saturated rings. The molecule has 1 aromatic heterocycles. The molecule has 0 unspecified atom stereocenters. The maximum atomic E-state index is 13.7. The molecular formula is C25H26FN3O4. The number of likely N-dealkylation sites (tertiary alicyclic amines) is 1. The van der Waals surface area contributed by atoms with Gasteiger partial charge in [-0.3, -0.25) is 9.59 Å². The summed E-state index contributed by atoms with van der Waals surface area (Å²) in [5.74, 6) is -0.161. The molecule has 2 atom stereocenters. The van der Waals surface area contributed by atoms with Gasteiger partial charge in [-0.2, -0.15) is 0 Å². The first kappa shape index (κ1) is 22.7. The normalized spacial score (nSPS) is 18.5. The van der Waals surface area contributed by atoms with E-state index in [1.165, 1.54) is 11.2 Å². The van der Waals surface area contributed by atoms with Gasteiger partial charge in [0.15, 0.2) is 5.69 Å². The van der Waals surface area contributed by atoms with E-state index < -0.39 is 18.2 Å². The van der Waals surface area contributed by atoms with Gasteiger partial charge < -0.3 is 19.7 Å². The lowest BCUT2D eigenvalue weighted by atomic mass is 10.1. The molecule has 0 spiro atoms. The molecule has 3 aromatic rings. The first-order chi connectivity index (χ1) is 16.0. The van der Waals surface area contributed by atoms with Crippen LogP contribution in [0, 0.1) is 0 Å². The predicted octanol–water partition coefficient (Wildman–Crippen LogP) is 3.14. The van der Waals surface area contributed by atoms with Crippen molar-refractivity contribution in [1.82, 2.24) is 15.2 Å². The van der Waals surface area contributed by atoms with Gasteiger partial charge in [-0.15, -0.1) is 0 Å². The summed E-state index contributed by atoms with van der Waals surface area (Å²) in [5, 5.41) is 12.7. The van der Waals surface area contributed by atoms with Gasteiger partial charge in [0.05, 0.1) is 6.42 Å². The fourth-order valence-electron chi connectivity index (χ4n) is 3.76. The minimum atomic E-state index is -1.32. The fourth-order valence-corrected chi connectivity index (χ4v) is 3.76. The molecule has 0 saturated carbocycles. The van der Waals surface area contributed by atoms with Crippen molar-refractivity contribution in [1.29, 1.82) is 0 Å². The number of aliphatic hydroxyl groups is 1. The minimum absolute atomic E-state index is 0.0566. The van der Waals surface area contributed by atoms with E-state index in [2.05, 4.69) is 10.3 Å². The number of hydrogen-bond donors (Lipinski definition) is 2. The number of aromatic nitrogens is 1. The summed E-state index contributed by atoms with van der Waals surface area (Å²) in [7, 11) is 0. The van der Waals surface area contributed by atoms with Crippen LogP contribution < -0.4 is 5.32 Å². The van der Waals surface area contributed by atoms with Gasteiger partial charge in [-0.25, -0.2) is 9.37 Å². The summed E-state index contributed by atoms with van der Waals surface area (Å²) >= 11 is 0. The monoisotopic (exact) mass is 451 g/mol. The number of nitrogens with one attached hydrogen (secondary N) is 1. The van der Waals surface area contributed by atoms with Crippen molar-refractivity contribution >= 4 is 11.8 Å². The average molecular weight is 451 g/mol. The van der Waals surface area contributed by atoms with Crippen molar-refractivity contribution in [2.45, 2.75) is 38.1 Å². The highest BCUT2D eigenvalue weighted by Crippen LogP contribution is 2.21. The zero-order valence-corrected chi connectivity index (χ0v) is 18.1. The second-order valence-corrected chi connectivity index (χ2v) is 8.15. The summed E-state index contributed by atoms with van der Waals surface area (Å²) in [5.41, 5.74) is 2.68. The summed E-state index contributed by atoms with van der Waals surface area (Å²) in [4.78, 5) is 30.5. The maximum Gasteiger partial charge on any atom is 0.275 e. The Labute approximate surface area is 191 Å². The van der Waals surface area contributed by atoms with E-state index >= 15 is 0 Å². The SMILES string of the molecule is O=C(Cc1ccccc1)NCc1ccc(-c2nc(C(=O)N3CCC[C@H](F)[C@@H](O)C3)co2)cc1. The van der Waals surface area contributed by atoms with E-state index in [9.17, 15) is 19.1 Å². The zero-order valence-electron chi connectivity index (χ0n) is 18.1. The lowest BCUT2D eigenvalue weighted by Gasteiger charge is -2.21. The molecule has 7 nitrogen and oxygen atoms in total. The van der Waals surface area contributed by atoms with Crippen molar-refractivity contribution in [3.63, 3.8) is 0 Å². The Balaban J connectivity index is 1.34. The molecule has 0 aliphatic carbocycles. The van der Waals surface area contributed by atoms with Crippen molar-refractivity contribution in [3.05, 3.63) is 77.7 Å². The standard InChI is InChI=1S/C25H26FN3O4/c26-20-7-4-12-29(15-22(20)30)25(32)21-16-33-24(28-21)19-10-8-18(9-11-19)14-27-23(31)13-17-5-2-1-3-6-17/h1-3,5-6,8-11,16,20,22,30H,4,7,12-15H2,(H,27,31)/t20-,22-/m0/s1. The molecule has 172 valence electrons. The smallest absolute Gasteiger partial charge is 0.275 e. The van der Waals surface area contributed by atoms with Crippen LogP contribution in [0.5, 0.6) is 0 Å². The number of benzene rings is 2. The number of carbonyl (C=O) groups is 2. The Bertz CT molecular complexity index is 1080. The summed E-state index contributed by atoms with van der Waals surface area (Å²) in [6.07, 6.45) is -0.196. The number of β-amino-alcohol motifs (C(OH)–C–C–N with tert-alkyl or cyclic N) is 1. The van der Waals surface area contributed by atoms with E-state index in [0.29, 0.717) is 31.5 Å². The van der Waals surface area contributed by atoms with Crippen LogP contribution in [0.3, 0.4) is 0 Å². The molecule has 1 aliphatic rings. The highest BCUT2D eigenvalue weighted by Gasteiger charge is 2.29. The Hall–Kier alpha value is -3.52. The van der Waals surface area contributed by atoms with Crippen LogP contribution in [0.1, 0.15) is 34.5 Å². The largest absolute Gasteiger partial charge is 0.444 e. The number of carbonyl (C=O) groups excluding carboxylic acids is 2. The summed E-state index contributed by atoms with van der Waals surface area (Å²) in [6.45, 7) is 0.699. The van der Waals surface area contributed by atoms with Gasteiger partial charge in [0.1, 0.15) is 18.5 Å². The average Bonchev–Trinajstić information content (AvgIpc) is 3.26. The van der Waals surface area contributed by atoms with Crippen LogP contribution in [0.2, 0.25) is 0 Å². The number of nitrogens with zero attached hydrogens (tertiary/aromatic N) is 2. The third kappa shape index (κ3) is 5.84. The van der Waals surface area contributed by atoms with Crippen LogP contribution in [-0.4, -0.2) is 52.2 Å². The second kappa shape index (κ2) is 10.4. The molecule has 8 heteroatoms. The van der Waals surface area contributed by atoms with Crippen LogP contribution in [0.15, 0.2) is 65.3 Å². The number of aliphatic hydroxyl groups excluding tert-OH is 1. The van der Waals surface area contributed by atoms with Crippen LogP contribution in [-0.2, 0) is 17.8 Å². The molecule has 0 radical (unpaired) electrons. The van der Waals surface area contributed by atoms with E-state index in [1.807, 2.05) is 54.6 Å².